The monoisotopic (exact) mass is 383 g/mol. The molecule has 28 heavy (non-hydrogen) atoms. The van der Waals surface area contributed by atoms with Crippen molar-refractivity contribution >= 4 is 34.8 Å². The number of aromatic nitrogens is 2. The zero-order chi connectivity index (χ0) is 20.1. The summed E-state index contributed by atoms with van der Waals surface area (Å²) in [4.78, 5) is 31.4. The maximum Gasteiger partial charge on any atom is 0.274 e. The molecule has 0 spiro atoms. The van der Waals surface area contributed by atoms with Crippen LogP contribution in [0.25, 0.3) is 0 Å². The highest BCUT2D eigenvalue weighted by Crippen LogP contribution is 2.17. The first-order valence-electron chi connectivity index (χ1n) is 8.15. The van der Waals surface area contributed by atoms with Crippen LogP contribution in [-0.4, -0.2) is 21.8 Å². The number of hydrogen-bond donors (Lipinski definition) is 3. The Labute approximate surface area is 158 Å². The van der Waals surface area contributed by atoms with E-state index in [0.29, 0.717) is 11.4 Å². The van der Waals surface area contributed by atoms with Gasteiger partial charge in [0.2, 0.25) is 11.9 Å². The zero-order valence-corrected chi connectivity index (χ0v) is 14.7. The van der Waals surface area contributed by atoms with E-state index in [2.05, 4.69) is 25.9 Å². The van der Waals surface area contributed by atoms with Crippen molar-refractivity contribution in [3.63, 3.8) is 0 Å². The molecule has 3 rings (SSSR count). The Morgan fingerprint density at radius 1 is 0.857 bits per heavy atom. The molecular formula is C19H15F2N5O2. The normalized spacial score (nSPS) is 10.2. The second-order valence-electron chi connectivity index (χ2n) is 5.73. The van der Waals surface area contributed by atoms with E-state index >= 15 is 0 Å². The van der Waals surface area contributed by atoms with Gasteiger partial charge in [-0.2, -0.15) is 0 Å². The summed E-state index contributed by atoms with van der Waals surface area (Å²) in [7, 11) is 0. The van der Waals surface area contributed by atoms with Crippen molar-refractivity contribution in [1.82, 2.24) is 9.97 Å². The van der Waals surface area contributed by atoms with Crippen LogP contribution in [0.15, 0.2) is 54.7 Å². The van der Waals surface area contributed by atoms with Gasteiger partial charge in [0, 0.05) is 36.2 Å². The third-order valence-corrected chi connectivity index (χ3v) is 3.53. The van der Waals surface area contributed by atoms with Crippen LogP contribution >= 0.6 is 0 Å². The molecule has 0 radical (unpaired) electrons. The lowest BCUT2D eigenvalue weighted by Gasteiger charge is -2.08. The fourth-order valence-electron chi connectivity index (χ4n) is 2.28. The minimum atomic E-state index is -1.01. The van der Waals surface area contributed by atoms with Crippen LogP contribution in [-0.2, 0) is 4.79 Å². The fourth-order valence-corrected chi connectivity index (χ4v) is 2.28. The first kappa shape index (κ1) is 18.9. The van der Waals surface area contributed by atoms with Crippen LogP contribution < -0.4 is 16.0 Å². The molecule has 0 bridgehead atoms. The summed E-state index contributed by atoms with van der Waals surface area (Å²) in [5.41, 5.74) is 1.43. The van der Waals surface area contributed by atoms with Crippen molar-refractivity contribution in [3.05, 3.63) is 72.1 Å². The number of rotatable bonds is 5. The molecule has 2 aromatic carbocycles. The van der Waals surface area contributed by atoms with Gasteiger partial charge in [-0.25, -0.2) is 18.7 Å². The van der Waals surface area contributed by atoms with Crippen molar-refractivity contribution < 1.29 is 18.4 Å². The van der Waals surface area contributed by atoms with Gasteiger partial charge >= 0.3 is 0 Å². The Kier molecular flexibility index (Phi) is 5.54. The van der Waals surface area contributed by atoms with Gasteiger partial charge in [0.25, 0.3) is 5.91 Å². The molecule has 0 aliphatic carbocycles. The molecule has 3 N–H and O–H groups in total. The minimum absolute atomic E-state index is 0.0552. The number of hydrogen-bond acceptors (Lipinski definition) is 5. The summed E-state index contributed by atoms with van der Waals surface area (Å²) >= 11 is 0. The molecule has 0 aliphatic rings. The number of nitrogens with one attached hydrogen (secondary N) is 3. The summed E-state index contributed by atoms with van der Waals surface area (Å²) in [6.45, 7) is 1.40. The quantitative estimate of drug-likeness (QED) is 0.624. The lowest BCUT2D eigenvalue weighted by atomic mass is 10.2. The van der Waals surface area contributed by atoms with Gasteiger partial charge in [0.05, 0.1) is 0 Å². The fraction of sp³-hybridized carbons (Fsp3) is 0.0526. The van der Waals surface area contributed by atoms with E-state index < -0.39 is 17.5 Å². The smallest absolute Gasteiger partial charge is 0.274 e. The summed E-state index contributed by atoms with van der Waals surface area (Å²) in [6.07, 6.45) is 1.37. The van der Waals surface area contributed by atoms with E-state index in [-0.39, 0.29) is 23.2 Å². The largest absolute Gasteiger partial charge is 0.326 e. The molecule has 3 aromatic rings. The highest BCUT2D eigenvalue weighted by molar-refractivity contribution is 6.03. The van der Waals surface area contributed by atoms with Crippen LogP contribution in [0.2, 0.25) is 0 Å². The highest BCUT2D eigenvalue weighted by Gasteiger charge is 2.10. The highest BCUT2D eigenvalue weighted by atomic mass is 19.2. The van der Waals surface area contributed by atoms with Crippen LogP contribution in [0.5, 0.6) is 0 Å². The van der Waals surface area contributed by atoms with Crippen molar-refractivity contribution in [1.29, 1.82) is 0 Å². The topological polar surface area (TPSA) is 96.0 Å². The molecule has 0 atom stereocenters. The van der Waals surface area contributed by atoms with Crippen molar-refractivity contribution in [3.8, 4) is 0 Å². The van der Waals surface area contributed by atoms with Crippen LogP contribution in [0.1, 0.15) is 17.4 Å². The number of halogens is 2. The molecule has 0 saturated carbocycles. The van der Waals surface area contributed by atoms with E-state index in [1.54, 1.807) is 24.3 Å². The van der Waals surface area contributed by atoms with Crippen molar-refractivity contribution in [2.24, 2.45) is 0 Å². The Morgan fingerprint density at radius 2 is 1.50 bits per heavy atom. The number of amides is 2. The number of carbonyl (C=O) groups excluding carboxylic acids is 2. The number of anilines is 4. The summed E-state index contributed by atoms with van der Waals surface area (Å²) in [5.74, 6) is -2.60. The van der Waals surface area contributed by atoms with Crippen LogP contribution in [0.3, 0.4) is 0 Å². The summed E-state index contributed by atoms with van der Waals surface area (Å²) in [6, 6.07) is 11.2. The van der Waals surface area contributed by atoms with Crippen molar-refractivity contribution in [2.45, 2.75) is 6.92 Å². The lowest BCUT2D eigenvalue weighted by Crippen LogP contribution is -2.15. The molecule has 1 aromatic heterocycles. The SMILES string of the molecule is CC(=O)Nc1ccc(NC(=O)c2ccnc(Nc3ccc(F)c(F)c3)n2)cc1. The Hall–Kier alpha value is -3.88. The van der Waals surface area contributed by atoms with Gasteiger partial charge < -0.3 is 16.0 Å². The van der Waals surface area contributed by atoms with E-state index in [9.17, 15) is 18.4 Å². The molecule has 142 valence electrons. The van der Waals surface area contributed by atoms with E-state index in [4.69, 9.17) is 0 Å². The van der Waals surface area contributed by atoms with Gasteiger partial charge in [-0.05, 0) is 42.5 Å². The molecule has 0 saturated heterocycles. The average molecular weight is 383 g/mol. The molecule has 0 aliphatic heterocycles. The zero-order valence-electron chi connectivity index (χ0n) is 14.7. The molecule has 1 heterocycles. The van der Waals surface area contributed by atoms with Gasteiger partial charge in [-0.1, -0.05) is 0 Å². The predicted octanol–water partition coefficient (Wildman–Crippen LogP) is 3.71. The summed E-state index contributed by atoms with van der Waals surface area (Å²) in [5, 5.41) is 8.00. The lowest BCUT2D eigenvalue weighted by molar-refractivity contribution is -0.114. The second kappa shape index (κ2) is 8.21. The predicted molar refractivity (Wildman–Crippen MR) is 100 cm³/mol. The molecule has 9 heteroatoms. The Morgan fingerprint density at radius 3 is 2.14 bits per heavy atom. The number of carbonyl (C=O) groups is 2. The Balaban J connectivity index is 1.69. The molecule has 0 unspecified atom stereocenters. The van der Waals surface area contributed by atoms with Gasteiger partial charge in [-0.15, -0.1) is 0 Å². The van der Waals surface area contributed by atoms with Gasteiger partial charge in [-0.3, -0.25) is 9.59 Å². The molecule has 2 amide bonds. The third kappa shape index (κ3) is 4.85. The van der Waals surface area contributed by atoms with Crippen LogP contribution in [0.4, 0.5) is 31.8 Å². The van der Waals surface area contributed by atoms with E-state index in [1.165, 1.54) is 25.3 Å². The third-order valence-electron chi connectivity index (χ3n) is 3.53. The second-order valence-corrected chi connectivity index (χ2v) is 5.73. The van der Waals surface area contributed by atoms with Crippen LogP contribution in [0, 0.1) is 11.6 Å². The average Bonchev–Trinajstić information content (AvgIpc) is 2.66. The van der Waals surface area contributed by atoms with Gasteiger partial charge in [0.15, 0.2) is 11.6 Å². The molecule has 0 fully saturated rings. The first-order chi connectivity index (χ1) is 13.4. The maximum atomic E-state index is 13.3. The Bertz CT molecular complexity index is 1030. The summed E-state index contributed by atoms with van der Waals surface area (Å²) < 4.78 is 26.3. The molecule has 7 nitrogen and oxygen atoms in total. The number of benzene rings is 2. The van der Waals surface area contributed by atoms with Crippen molar-refractivity contribution in [2.75, 3.05) is 16.0 Å². The first-order valence-corrected chi connectivity index (χ1v) is 8.15. The maximum absolute atomic E-state index is 13.3. The minimum Gasteiger partial charge on any atom is -0.326 e. The van der Waals surface area contributed by atoms with E-state index in [1.807, 2.05) is 0 Å². The van der Waals surface area contributed by atoms with Gasteiger partial charge in [0.1, 0.15) is 5.69 Å². The van der Waals surface area contributed by atoms with E-state index in [0.717, 1.165) is 12.1 Å². The standard InChI is InChI=1S/C19H15F2N5O2/c1-11(27)23-12-2-4-13(5-3-12)24-18(28)17-8-9-22-19(26-17)25-14-6-7-15(20)16(21)10-14/h2-10H,1H3,(H,23,27)(H,24,28)(H,22,25,26). The molecular weight excluding hydrogens is 368 g/mol. The number of nitrogens with zero attached hydrogens (tertiary/aromatic N) is 2.